The molecule has 1 saturated heterocycles. The predicted molar refractivity (Wildman–Crippen MR) is 189 cm³/mol. The van der Waals surface area contributed by atoms with E-state index in [1.807, 2.05) is 44.2 Å². The van der Waals surface area contributed by atoms with E-state index in [1.165, 1.54) is 17.9 Å². The van der Waals surface area contributed by atoms with E-state index < -0.39 is 65.3 Å². The number of carbonyl (C=O) groups excluding carboxylic acids is 5. The molecule has 5 N–H and O–H groups in total. The average Bonchev–Trinajstić information content (AvgIpc) is 3.57. The molecule has 1 aliphatic rings. The average molecular weight is 704 g/mol. The Labute approximate surface area is 295 Å². The monoisotopic (exact) mass is 703 g/mol. The van der Waals surface area contributed by atoms with Gasteiger partial charge in [-0.05, 0) is 62.3 Å². The van der Waals surface area contributed by atoms with Crippen molar-refractivity contribution in [3.8, 4) is 0 Å². The van der Waals surface area contributed by atoms with Crippen LogP contribution in [0.5, 0.6) is 0 Å². The van der Waals surface area contributed by atoms with E-state index in [4.69, 9.17) is 9.52 Å². The minimum Gasteiger partial charge on any atom is -0.481 e. The van der Waals surface area contributed by atoms with Gasteiger partial charge < -0.3 is 35.7 Å². The van der Waals surface area contributed by atoms with Gasteiger partial charge in [0.05, 0.1) is 6.42 Å². The number of carbonyl (C=O) groups is 6. The van der Waals surface area contributed by atoms with Crippen molar-refractivity contribution in [1.82, 2.24) is 20.9 Å². The fraction of sp³-hybridized carbons (Fsp3) is 0.432. The van der Waals surface area contributed by atoms with Crippen molar-refractivity contribution in [2.24, 2.45) is 5.92 Å². The van der Waals surface area contributed by atoms with E-state index in [-0.39, 0.29) is 38.1 Å². The number of nitrogens with one attached hydrogen (secondary N) is 4. The Hall–Kier alpha value is -5.53. The van der Waals surface area contributed by atoms with Gasteiger partial charge in [-0.15, -0.1) is 0 Å². The zero-order chi connectivity index (χ0) is 37.2. The van der Waals surface area contributed by atoms with Crippen LogP contribution in [0.15, 0.2) is 63.8 Å². The topological polar surface area (TPSA) is 204 Å². The fourth-order valence-corrected chi connectivity index (χ4v) is 6.05. The number of aryl methyl sites for hydroxylation is 1. The first kappa shape index (κ1) is 38.3. The molecule has 2 aromatic carbocycles. The molecule has 0 spiro atoms. The van der Waals surface area contributed by atoms with Crippen LogP contribution in [0.25, 0.3) is 11.0 Å². The van der Waals surface area contributed by atoms with E-state index in [9.17, 15) is 33.6 Å². The van der Waals surface area contributed by atoms with Gasteiger partial charge in [0.1, 0.15) is 29.8 Å². The molecule has 0 aliphatic carbocycles. The van der Waals surface area contributed by atoms with Crippen LogP contribution in [-0.2, 0) is 35.2 Å². The van der Waals surface area contributed by atoms with E-state index in [0.717, 1.165) is 16.5 Å². The van der Waals surface area contributed by atoms with Crippen LogP contribution < -0.4 is 26.9 Å². The summed E-state index contributed by atoms with van der Waals surface area (Å²) in [4.78, 5) is 90.8. The van der Waals surface area contributed by atoms with Crippen molar-refractivity contribution < 1.29 is 38.3 Å². The summed E-state index contributed by atoms with van der Waals surface area (Å²) < 4.78 is 5.32. The molecule has 0 radical (unpaired) electrons. The second kappa shape index (κ2) is 17.4. The van der Waals surface area contributed by atoms with Gasteiger partial charge in [-0.3, -0.25) is 28.8 Å². The first-order chi connectivity index (χ1) is 24.2. The summed E-state index contributed by atoms with van der Waals surface area (Å²) in [5.41, 5.74) is 1.68. The molecular formula is C37H45N5O9. The lowest BCUT2D eigenvalue weighted by molar-refractivity contribution is -0.142. The highest BCUT2D eigenvalue weighted by molar-refractivity contribution is 6.00. The number of fused-ring (bicyclic) bond motifs is 1. The molecule has 14 heteroatoms. The van der Waals surface area contributed by atoms with Gasteiger partial charge >= 0.3 is 11.6 Å². The minimum absolute atomic E-state index is 0.0133. The van der Waals surface area contributed by atoms with Gasteiger partial charge in [-0.2, -0.15) is 0 Å². The Morgan fingerprint density at radius 1 is 0.902 bits per heavy atom. The number of benzene rings is 2. The molecule has 51 heavy (non-hydrogen) atoms. The largest absolute Gasteiger partial charge is 0.481 e. The second-order valence-corrected chi connectivity index (χ2v) is 13.3. The summed E-state index contributed by atoms with van der Waals surface area (Å²) in [5, 5.41) is 20.4. The normalized spacial score (nSPS) is 15.9. The maximum absolute atomic E-state index is 13.9. The molecule has 2 heterocycles. The third-order valence-electron chi connectivity index (χ3n) is 8.63. The van der Waals surface area contributed by atoms with Gasteiger partial charge in [-0.1, -0.05) is 44.2 Å². The molecule has 1 aromatic heterocycles. The number of aliphatic carboxylic acids is 1. The number of nitrogens with zero attached hydrogens (tertiary/aromatic N) is 1. The SMILES string of the molecule is Cc1cc(=O)oc2cc(NC(=O)[C@H](Cc3ccccc3)NC(=O)[C@@H]3CCCN3C(=O)[C@H](CC(C)C)NC(=O)[C@@H](C)NC(=O)CCC(=O)O)ccc12. The van der Waals surface area contributed by atoms with E-state index in [0.29, 0.717) is 24.1 Å². The maximum atomic E-state index is 13.9. The van der Waals surface area contributed by atoms with Crippen LogP contribution in [0, 0.1) is 12.8 Å². The number of anilines is 1. The lowest BCUT2D eigenvalue weighted by atomic mass is 10.0. The highest BCUT2D eigenvalue weighted by Crippen LogP contribution is 2.23. The van der Waals surface area contributed by atoms with Crippen molar-refractivity contribution in [3.05, 3.63) is 76.1 Å². The molecule has 5 amide bonds. The number of hydrogen-bond acceptors (Lipinski definition) is 8. The Balaban J connectivity index is 1.49. The molecule has 3 aromatic rings. The second-order valence-electron chi connectivity index (χ2n) is 13.3. The summed E-state index contributed by atoms with van der Waals surface area (Å²) >= 11 is 0. The van der Waals surface area contributed by atoms with Crippen LogP contribution in [0.3, 0.4) is 0 Å². The smallest absolute Gasteiger partial charge is 0.336 e. The third-order valence-corrected chi connectivity index (χ3v) is 8.63. The first-order valence-corrected chi connectivity index (χ1v) is 17.0. The van der Waals surface area contributed by atoms with Crippen molar-refractivity contribution in [1.29, 1.82) is 0 Å². The summed E-state index contributed by atoms with van der Waals surface area (Å²) in [6.07, 6.45) is 0.611. The predicted octanol–water partition coefficient (Wildman–Crippen LogP) is 2.66. The van der Waals surface area contributed by atoms with Crippen molar-refractivity contribution in [2.75, 3.05) is 11.9 Å². The number of amides is 5. The standard InChI is InChI=1S/C37H45N5O9/c1-21(2)17-28(41-34(47)23(4)38-31(43)14-15-32(44)45)37(50)42-16-8-11-29(42)36(49)40-27(19-24-9-6-5-7-10-24)35(48)39-25-12-13-26-22(3)18-33(46)51-30(26)20-25/h5-7,9-10,12-13,18,20-21,23,27-29H,8,11,14-17,19H2,1-4H3,(H,38,43)(H,39,48)(H,40,49)(H,41,47)(H,44,45)/t23-,27+,28+,29+/m1/s1. The Bertz CT molecular complexity index is 1820. The number of likely N-dealkylation sites (tertiary alicyclic amines) is 1. The van der Waals surface area contributed by atoms with Gasteiger partial charge in [0.15, 0.2) is 0 Å². The van der Waals surface area contributed by atoms with Crippen LogP contribution >= 0.6 is 0 Å². The van der Waals surface area contributed by atoms with Gasteiger partial charge in [0.25, 0.3) is 0 Å². The lowest BCUT2D eigenvalue weighted by Gasteiger charge is -2.31. The molecule has 14 nitrogen and oxygen atoms in total. The van der Waals surface area contributed by atoms with Crippen molar-refractivity contribution >= 4 is 52.2 Å². The Morgan fingerprint density at radius 2 is 1.63 bits per heavy atom. The first-order valence-electron chi connectivity index (χ1n) is 17.0. The number of rotatable bonds is 15. The molecule has 0 saturated carbocycles. The highest BCUT2D eigenvalue weighted by atomic mass is 16.4. The summed E-state index contributed by atoms with van der Waals surface area (Å²) in [6.45, 7) is 7.25. The molecule has 272 valence electrons. The minimum atomic E-state index is -1.14. The third kappa shape index (κ3) is 10.7. The number of carboxylic acids is 1. The van der Waals surface area contributed by atoms with Crippen molar-refractivity contribution in [2.45, 2.75) is 90.4 Å². The molecule has 4 rings (SSSR count). The zero-order valence-corrected chi connectivity index (χ0v) is 29.2. The Kier molecular flexibility index (Phi) is 13.1. The van der Waals surface area contributed by atoms with E-state index in [2.05, 4.69) is 21.3 Å². The highest BCUT2D eigenvalue weighted by Gasteiger charge is 2.39. The zero-order valence-electron chi connectivity index (χ0n) is 29.2. The molecule has 1 aliphatic heterocycles. The molecule has 0 bridgehead atoms. The van der Waals surface area contributed by atoms with Gasteiger partial charge in [0, 0.05) is 42.6 Å². The molecule has 0 unspecified atom stereocenters. The maximum Gasteiger partial charge on any atom is 0.336 e. The Morgan fingerprint density at radius 3 is 2.31 bits per heavy atom. The molecular weight excluding hydrogens is 658 g/mol. The lowest BCUT2D eigenvalue weighted by Crippen LogP contribution is -2.57. The molecule has 4 atom stereocenters. The number of hydrogen-bond donors (Lipinski definition) is 5. The fourth-order valence-electron chi connectivity index (χ4n) is 6.05. The molecule has 1 fully saturated rings. The van der Waals surface area contributed by atoms with Crippen LogP contribution in [0.4, 0.5) is 5.69 Å². The van der Waals surface area contributed by atoms with Gasteiger partial charge in [-0.25, -0.2) is 4.79 Å². The van der Waals surface area contributed by atoms with E-state index in [1.54, 1.807) is 25.1 Å². The summed E-state index contributed by atoms with van der Waals surface area (Å²) in [6, 6.07) is 11.5. The number of carboxylic acid groups (broad SMARTS) is 1. The van der Waals surface area contributed by atoms with Crippen LogP contribution in [0.1, 0.15) is 64.0 Å². The van der Waals surface area contributed by atoms with Crippen molar-refractivity contribution in [3.63, 3.8) is 0 Å². The van der Waals surface area contributed by atoms with Crippen LogP contribution in [-0.4, -0.2) is 76.2 Å². The van der Waals surface area contributed by atoms with E-state index >= 15 is 0 Å². The van der Waals surface area contributed by atoms with Crippen LogP contribution in [0.2, 0.25) is 0 Å². The van der Waals surface area contributed by atoms with Gasteiger partial charge in [0.2, 0.25) is 29.5 Å². The quantitative estimate of drug-likeness (QED) is 0.147. The summed E-state index contributed by atoms with van der Waals surface area (Å²) in [7, 11) is 0. The summed E-state index contributed by atoms with van der Waals surface area (Å²) in [5.74, 6) is -3.89.